The number of halogens is 2. The number of aliphatic imine (C=N–C) groups is 1. The Kier molecular flexibility index (Phi) is 6.98. The minimum Gasteiger partial charge on any atom is -0.488 e. The van der Waals surface area contributed by atoms with Crippen molar-refractivity contribution < 1.29 is 14.5 Å². The number of amides is 1. The van der Waals surface area contributed by atoms with Crippen LogP contribution in [0.1, 0.15) is 11.1 Å². The zero-order valence-corrected chi connectivity index (χ0v) is 19.2. The van der Waals surface area contributed by atoms with Crippen LogP contribution in [0.25, 0.3) is 6.08 Å². The molecule has 0 bridgehead atoms. The topological polar surface area (TPSA) is 93.8 Å². The highest BCUT2D eigenvalue weighted by Crippen LogP contribution is 2.33. The first-order valence-electron chi connectivity index (χ1n) is 9.58. The molecule has 1 fully saturated rings. The predicted molar refractivity (Wildman–Crippen MR) is 131 cm³/mol. The lowest BCUT2D eigenvalue weighted by atomic mass is 10.1. The van der Waals surface area contributed by atoms with Crippen LogP contribution in [-0.4, -0.2) is 16.0 Å². The van der Waals surface area contributed by atoms with Crippen molar-refractivity contribution in [1.29, 1.82) is 0 Å². The molecule has 1 aliphatic heterocycles. The zero-order valence-electron chi connectivity index (χ0n) is 16.8. The van der Waals surface area contributed by atoms with E-state index >= 15 is 0 Å². The number of non-ortho nitro benzene ring substituents is 1. The molecule has 3 aromatic carbocycles. The number of nitrogens with zero attached hydrogens (tertiary/aromatic N) is 2. The molecular weight excluding hydrogens is 485 g/mol. The predicted octanol–water partition coefficient (Wildman–Crippen LogP) is 6.37. The van der Waals surface area contributed by atoms with Crippen LogP contribution in [0.15, 0.2) is 76.6 Å². The van der Waals surface area contributed by atoms with Crippen LogP contribution < -0.4 is 10.1 Å². The molecule has 1 N–H and O–H groups in total. The molecule has 4 rings (SSSR count). The lowest BCUT2D eigenvalue weighted by molar-refractivity contribution is -0.384. The van der Waals surface area contributed by atoms with Crippen LogP contribution in [0, 0.1) is 10.1 Å². The third-order valence-electron chi connectivity index (χ3n) is 4.46. The van der Waals surface area contributed by atoms with E-state index in [4.69, 9.17) is 27.9 Å². The van der Waals surface area contributed by atoms with Gasteiger partial charge in [0.1, 0.15) is 12.4 Å². The second-order valence-electron chi connectivity index (χ2n) is 6.86. The maximum atomic E-state index is 12.5. The number of nitrogens with one attached hydrogen (secondary N) is 1. The van der Waals surface area contributed by atoms with Gasteiger partial charge in [0.15, 0.2) is 5.17 Å². The Morgan fingerprint density at radius 2 is 1.85 bits per heavy atom. The van der Waals surface area contributed by atoms with Crippen molar-refractivity contribution in [2.75, 3.05) is 0 Å². The Morgan fingerprint density at radius 3 is 2.64 bits per heavy atom. The van der Waals surface area contributed by atoms with E-state index in [1.165, 1.54) is 18.2 Å². The summed E-state index contributed by atoms with van der Waals surface area (Å²) in [6.45, 7) is 0.289. The maximum absolute atomic E-state index is 12.5. The summed E-state index contributed by atoms with van der Waals surface area (Å²) in [6.07, 6.45) is 1.66. The highest BCUT2D eigenvalue weighted by molar-refractivity contribution is 8.18. The summed E-state index contributed by atoms with van der Waals surface area (Å²) < 4.78 is 5.94. The summed E-state index contributed by atoms with van der Waals surface area (Å²) >= 11 is 13.3. The molecule has 1 amide bonds. The van der Waals surface area contributed by atoms with Crippen LogP contribution in [0.5, 0.6) is 5.75 Å². The molecule has 33 heavy (non-hydrogen) atoms. The van der Waals surface area contributed by atoms with Crippen molar-refractivity contribution in [3.8, 4) is 5.75 Å². The van der Waals surface area contributed by atoms with Crippen LogP contribution in [0.4, 0.5) is 11.4 Å². The molecule has 0 spiro atoms. The molecule has 7 nitrogen and oxygen atoms in total. The van der Waals surface area contributed by atoms with Crippen LogP contribution in [-0.2, 0) is 11.4 Å². The quantitative estimate of drug-likeness (QED) is 0.241. The van der Waals surface area contributed by atoms with Crippen molar-refractivity contribution in [2.24, 2.45) is 4.99 Å². The van der Waals surface area contributed by atoms with Crippen molar-refractivity contribution in [3.05, 3.63) is 103 Å². The lowest BCUT2D eigenvalue weighted by Crippen LogP contribution is -2.19. The molecule has 1 aliphatic rings. The van der Waals surface area contributed by atoms with Crippen molar-refractivity contribution >= 4 is 63.5 Å². The van der Waals surface area contributed by atoms with E-state index in [1.54, 1.807) is 36.4 Å². The van der Waals surface area contributed by atoms with Crippen molar-refractivity contribution in [3.63, 3.8) is 0 Å². The summed E-state index contributed by atoms with van der Waals surface area (Å²) in [6, 6.07) is 18.3. The van der Waals surface area contributed by atoms with Gasteiger partial charge in [-0.1, -0.05) is 41.4 Å². The van der Waals surface area contributed by atoms with Gasteiger partial charge in [-0.25, -0.2) is 4.99 Å². The monoisotopic (exact) mass is 499 g/mol. The van der Waals surface area contributed by atoms with Gasteiger partial charge >= 0.3 is 0 Å². The number of rotatable bonds is 6. The number of hydrogen-bond acceptors (Lipinski definition) is 6. The van der Waals surface area contributed by atoms with Crippen LogP contribution in [0.2, 0.25) is 10.0 Å². The molecule has 0 unspecified atom stereocenters. The highest BCUT2D eigenvalue weighted by Gasteiger charge is 2.24. The molecule has 0 saturated carbocycles. The van der Waals surface area contributed by atoms with E-state index in [2.05, 4.69) is 10.3 Å². The van der Waals surface area contributed by atoms with Crippen molar-refractivity contribution in [1.82, 2.24) is 5.32 Å². The molecule has 1 saturated heterocycles. The molecule has 3 aromatic rings. The molecule has 0 aromatic heterocycles. The van der Waals surface area contributed by atoms with Crippen LogP contribution in [0.3, 0.4) is 0 Å². The molecule has 1 heterocycles. The number of hydrogen-bond donors (Lipinski definition) is 1. The SMILES string of the molecule is O=C1NC(=Nc2cccc([N+](=O)[O-])c2)S/C1=C\c1cc(Cl)ccc1OCc1cccc(Cl)c1. The third kappa shape index (κ3) is 5.92. The van der Waals surface area contributed by atoms with E-state index < -0.39 is 4.92 Å². The van der Waals surface area contributed by atoms with E-state index in [0.29, 0.717) is 37.1 Å². The number of nitro groups is 1. The minimum atomic E-state index is -0.501. The van der Waals surface area contributed by atoms with E-state index in [0.717, 1.165) is 17.3 Å². The third-order valence-corrected chi connectivity index (χ3v) is 5.84. The minimum absolute atomic E-state index is 0.0811. The molecule has 0 atom stereocenters. The summed E-state index contributed by atoms with van der Waals surface area (Å²) in [7, 11) is 0. The second-order valence-corrected chi connectivity index (χ2v) is 8.76. The smallest absolute Gasteiger partial charge is 0.271 e. The zero-order chi connectivity index (χ0) is 23.4. The maximum Gasteiger partial charge on any atom is 0.271 e. The fourth-order valence-electron chi connectivity index (χ4n) is 2.97. The van der Waals surface area contributed by atoms with Gasteiger partial charge in [-0.15, -0.1) is 0 Å². The number of thioether (sulfide) groups is 1. The van der Waals surface area contributed by atoms with Gasteiger partial charge in [-0.05, 0) is 59.8 Å². The highest BCUT2D eigenvalue weighted by atomic mass is 35.5. The van der Waals surface area contributed by atoms with Crippen molar-refractivity contribution in [2.45, 2.75) is 6.61 Å². The van der Waals surface area contributed by atoms with Gasteiger partial charge in [0.2, 0.25) is 0 Å². The number of benzene rings is 3. The standard InChI is InChI=1S/C23H15Cl2N3O4S/c24-16-4-1-3-14(9-16)13-32-20-8-7-17(25)10-15(20)11-21-22(29)27-23(33-21)26-18-5-2-6-19(12-18)28(30)31/h1-12H,13H2,(H,26,27,29)/b21-11-. The van der Waals surface area contributed by atoms with Gasteiger partial charge in [0, 0.05) is 27.7 Å². The summed E-state index contributed by atoms with van der Waals surface area (Å²) in [5, 5.41) is 15.0. The van der Waals surface area contributed by atoms with E-state index in [9.17, 15) is 14.9 Å². The number of amidine groups is 1. The first-order valence-corrected chi connectivity index (χ1v) is 11.2. The Hall–Kier alpha value is -3.33. The number of carbonyl (C=O) groups excluding carboxylic acids is 1. The van der Waals surface area contributed by atoms with Gasteiger partial charge in [-0.3, -0.25) is 14.9 Å². The number of carbonyl (C=O) groups is 1. The molecule has 0 aliphatic carbocycles. The summed E-state index contributed by atoms with van der Waals surface area (Å²) in [5.41, 5.74) is 1.80. The molecule has 166 valence electrons. The average molecular weight is 500 g/mol. The fraction of sp³-hybridized carbons (Fsp3) is 0.0435. The fourth-order valence-corrected chi connectivity index (χ4v) is 4.19. The Morgan fingerprint density at radius 1 is 1.06 bits per heavy atom. The first-order chi connectivity index (χ1) is 15.9. The number of ether oxygens (including phenoxy) is 1. The lowest BCUT2D eigenvalue weighted by Gasteiger charge is -2.10. The van der Waals surface area contributed by atoms with Gasteiger partial charge in [-0.2, -0.15) is 0 Å². The van der Waals surface area contributed by atoms with E-state index in [1.807, 2.05) is 18.2 Å². The van der Waals surface area contributed by atoms with Crippen LogP contribution >= 0.6 is 35.0 Å². The average Bonchev–Trinajstić information content (AvgIpc) is 3.12. The molecule has 10 heteroatoms. The Bertz CT molecular complexity index is 1310. The largest absolute Gasteiger partial charge is 0.488 e. The second kappa shape index (κ2) is 10.1. The van der Waals surface area contributed by atoms with E-state index in [-0.39, 0.29) is 18.2 Å². The normalized spacial score (nSPS) is 15.6. The van der Waals surface area contributed by atoms with Gasteiger partial charge in [0.05, 0.1) is 15.5 Å². The Labute approximate surface area is 203 Å². The first kappa shape index (κ1) is 22.8. The summed E-state index contributed by atoms with van der Waals surface area (Å²) in [4.78, 5) is 27.6. The van der Waals surface area contributed by atoms with Gasteiger partial charge in [0.25, 0.3) is 11.6 Å². The summed E-state index contributed by atoms with van der Waals surface area (Å²) in [5.74, 6) is 0.203. The molecule has 0 radical (unpaired) electrons. The molecular formula is C23H15Cl2N3O4S. The van der Waals surface area contributed by atoms with Gasteiger partial charge < -0.3 is 10.1 Å². The number of nitro benzene ring substituents is 1. The Balaban J connectivity index is 1.56.